The van der Waals surface area contributed by atoms with E-state index in [4.69, 9.17) is 14.8 Å². The Hall–Kier alpha value is -5.38. The molecule has 1 aliphatic heterocycles. The molecule has 0 spiro atoms. The number of hydrogen-bond donors (Lipinski definition) is 3. The van der Waals surface area contributed by atoms with Crippen LogP contribution in [0.3, 0.4) is 0 Å². The van der Waals surface area contributed by atoms with Gasteiger partial charge in [-0.1, -0.05) is 57.2 Å². The van der Waals surface area contributed by atoms with E-state index in [-0.39, 0.29) is 17.4 Å². The third-order valence-corrected chi connectivity index (χ3v) is 8.37. The van der Waals surface area contributed by atoms with Crippen molar-refractivity contribution < 1.29 is 19.4 Å². The van der Waals surface area contributed by atoms with Crippen LogP contribution in [0.4, 0.5) is 16.3 Å². The number of fused-ring (bicyclic) bond motifs is 1. The largest absolute Gasteiger partial charge is 0.497 e. The van der Waals surface area contributed by atoms with Crippen molar-refractivity contribution in [2.45, 2.75) is 45.2 Å². The number of nitrogens with zero attached hydrogens (tertiary/aromatic N) is 4. The van der Waals surface area contributed by atoms with Gasteiger partial charge in [0.2, 0.25) is 0 Å². The van der Waals surface area contributed by atoms with Gasteiger partial charge in [0.1, 0.15) is 5.75 Å². The van der Waals surface area contributed by atoms with Crippen molar-refractivity contribution >= 4 is 34.5 Å². The number of hydrogen-bond acceptors (Lipinski definition) is 6. The van der Waals surface area contributed by atoms with Crippen molar-refractivity contribution in [1.82, 2.24) is 19.7 Å². The van der Waals surface area contributed by atoms with E-state index in [1.165, 1.54) is 4.90 Å². The van der Waals surface area contributed by atoms with Gasteiger partial charge in [-0.25, -0.2) is 14.5 Å². The molecule has 10 nitrogen and oxygen atoms in total. The molecule has 10 heteroatoms. The minimum absolute atomic E-state index is 0.00276. The summed E-state index contributed by atoms with van der Waals surface area (Å²) in [5.74, 6) is 1.23. The third kappa shape index (κ3) is 6.51. The van der Waals surface area contributed by atoms with Gasteiger partial charge in [-0.2, -0.15) is 5.10 Å². The second-order valence-electron chi connectivity index (χ2n) is 12.6. The number of likely N-dealkylation sites (tertiary alicyclic amines) is 1. The lowest BCUT2D eigenvalue weighted by Crippen LogP contribution is -2.30. The number of rotatable bonds is 8. The fourth-order valence-corrected chi connectivity index (χ4v) is 5.79. The van der Waals surface area contributed by atoms with Crippen LogP contribution in [0.25, 0.3) is 22.2 Å². The summed E-state index contributed by atoms with van der Waals surface area (Å²) in [5, 5.41) is 21.9. The van der Waals surface area contributed by atoms with E-state index in [0.29, 0.717) is 48.8 Å². The highest BCUT2D eigenvalue weighted by atomic mass is 16.5. The highest BCUT2D eigenvalue weighted by Crippen LogP contribution is 2.35. The Bertz CT molecular complexity index is 1880. The van der Waals surface area contributed by atoms with E-state index < -0.39 is 6.09 Å². The molecule has 236 valence electrons. The number of carbonyl (C=O) groups excluding carboxylic acids is 1. The first-order chi connectivity index (χ1) is 22.1. The number of aromatic nitrogens is 3. The molecule has 2 amide bonds. The summed E-state index contributed by atoms with van der Waals surface area (Å²) in [7, 11) is 1.64. The summed E-state index contributed by atoms with van der Waals surface area (Å²) in [5.41, 5.74) is 5.93. The van der Waals surface area contributed by atoms with Crippen molar-refractivity contribution in [2.24, 2.45) is 0 Å². The van der Waals surface area contributed by atoms with Crippen LogP contribution in [0.15, 0.2) is 85.1 Å². The van der Waals surface area contributed by atoms with Crippen LogP contribution in [0, 0.1) is 0 Å². The number of ether oxygens (including phenoxy) is 1. The van der Waals surface area contributed by atoms with Gasteiger partial charge in [0.25, 0.3) is 5.91 Å². The van der Waals surface area contributed by atoms with Crippen LogP contribution < -0.4 is 15.4 Å². The van der Waals surface area contributed by atoms with E-state index in [0.717, 1.165) is 33.4 Å². The van der Waals surface area contributed by atoms with Crippen LogP contribution in [0.5, 0.6) is 5.75 Å². The number of carbonyl (C=O) groups is 2. The molecule has 3 heterocycles. The number of anilines is 2. The molecule has 1 atom stereocenters. The van der Waals surface area contributed by atoms with Crippen LogP contribution in [0.2, 0.25) is 0 Å². The van der Waals surface area contributed by atoms with Gasteiger partial charge in [-0.15, -0.1) is 0 Å². The van der Waals surface area contributed by atoms with Crippen LogP contribution in [-0.4, -0.2) is 63.0 Å². The lowest BCUT2D eigenvalue weighted by atomic mass is 9.87. The maximum Gasteiger partial charge on any atom is 0.407 e. The van der Waals surface area contributed by atoms with Gasteiger partial charge in [-0.05, 0) is 76.6 Å². The number of amides is 2. The lowest BCUT2D eigenvalue weighted by molar-refractivity contribution is 0.102. The SMILES string of the molecule is COc1ccc(Cn2nc(NC3CCN(C(=O)O)C3)c3c(-c4cccc(NC(=O)c5ccc(C(C)(C)C)cc5)c4)ccnc32)cc1. The molecule has 0 bridgehead atoms. The molecule has 5 aromatic rings. The normalized spacial score (nSPS) is 14.8. The van der Waals surface area contributed by atoms with Crippen molar-refractivity contribution in [1.29, 1.82) is 0 Å². The quantitative estimate of drug-likeness (QED) is 0.174. The molecule has 6 rings (SSSR count). The molecular weight excluding hydrogens is 580 g/mol. The molecule has 0 saturated carbocycles. The first-order valence-corrected chi connectivity index (χ1v) is 15.3. The van der Waals surface area contributed by atoms with Crippen molar-refractivity contribution in [2.75, 3.05) is 30.8 Å². The molecule has 1 fully saturated rings. The van der Waals surface area contributed by atoms with Crippen molar-refractivity contribution in [3.05, 3.63) is 102 Å². The third-order valence-electron chi connectivity index (χ3n) is 8.37. The Morgan fingerprint density at radius 1 is 1.02 bits per heavy atom. The zero-order chi connectivity index (χ0) is 32.4. The maximum atomic E-state index is 13.2. The predicted octanol–water partition coefficient (Wildman–Crippen LogP) is 6.87. The first-order valence-electron chi connectivity index (χ1n) is 15.3. The Kier molecular flexibility index (Phi) is 8.36. The monoisotopic (exact) mass is 618 g/mol. The number of methoxy groups -OCH3 is 1. The van der Waals surface area contributed by atoms with Gasteiger partial charge in [0.05, 0.1) is 19.0 Å². The van der Waals surface area contributed by atoms with E-state index in [1.807, 2.05) is 83.5 Å². The van der Waals surface area contributed by atoms with E-state index in [1.54, 1.807) is 13.3 Å². The first kappa shape index (κ1) is 30.6. The minimum Gasteiger partial charge on any atom is -0.497 e. The van der Waals surface area contributed by atoms with Gasteiger partial charge in [-0.3, -0.25) is 4.79 Å². The molecule has 1 saturated heterocycles. The maximum absolute atomic E-state index is 13.2. The van der Waals surface area contributed by atoms with Gasteiger partial charge in [0, 0.05) is 36.6 Å². The fraction of sp³-hybridized carbons (Fsp3) is 0.278. The van der Waals surface area contributed by atoms with Crippen LogP contribution in [0.1, 0.15) is 48.7 Å². The highest BCUT2D eigenvalue weighted by Gasteiger charge is 2.28. The second kappa shape index (κ2) is 12.5. The number of carboxylic acid groups (broad SMARTS) is 1. The van der Waals surface area contributed by atoms with E-state index in [2.05, 4.69) is 31.4 Å². The minimum atomic E-state index is -0.925. The Labute approximate surface area is 268 Å². The number of nitrogens with one attached hydrogen (secondary N) is 2. The van der Waals surface area contributed by atoms with Crippen LogP contribution in [-0.2, 0) is 12.0 Å². The second-order valence-corrected chi connectivity index (χ2v) is 12.6. The van der Waals surface area contributed by atoms with Crippen LogP contribution >= 0.6 is 0 Å². The van der Waals surface area contributed by atoms with E-state index >= 15 is 0 Å². The van der Waals surface area contributed by atoms with Crippen molar-refractivity contribution in [3.63, 3.8) is 0 Å². The summed E-state index contributed by atoms with van der Waals surface area (Å²) in [6, 6.07) is 25.1. The summed E-state index contributed by atoms with van der Waals surface area (Å²) in [6.07, 6.45) is 1.51. The summed E-state index contributed by atoms with van der Waals surface area (Å²) < 4.78 is 7.18. The van der Waals surface area contributed by atoms with E-state index in [9.17, 15) is 14.7 Å². The summed E-state index contributed by atoms with van der Waals surface area (Å²) >= 11 is 0. The zero-order valence-corrected chi connectivity index (χ0v) is 26.4. The summed E-state index contributed by atoms with van der Waals surface area (Å²) in [4.78, 5) is 30.9. The molecule has 0 radical (unpaired) electrons. The zero-order valence-electron chi connectivity index (χ0n) is 26.4. The fourth-order valence-electron chi connectivity index (χ4n) is 5.79. The lowest BCUT2D eigenvalue weighted by Gasteiger charge is -2.19. The molecule has 3 N–H and O–H groups in total. The molecule has 1 unspecified atom stereocenters. The Morgan fingerprint density at radius 3 is 2.46 bits per heavy atom. The molecule has 1 aliphatic rings. The number of benzene rings is 3. The average Bonchev–Trinajstić information content (AvgIpc) is 3.66. The molecule has 46 heavy (non-hydrogen) atoms. The molecule has 0 aliphatic carbocycles. The predicted molar refractivity (Wildman–Crippen MR) is 180 cm³/mol. The topological polar surface area (TPSA) is 122 Å². The van der Waals surface area contributed by atoms with Gasteiger partial charge >= 0.3 is 6.09 Å². The smallest absolute Gasteiger partial charge is 0.407 e. The highest BCUT2D eigenvalue weighted by molar-refractivity contribution is 6.05. The number of pyridine rings is 1. The van der Waals surface area contributed by atoms with Gasteiger partial charge < -0.3 is 25.4 Å². The Morgan fingerprint density at radius 2 is 1.78 bits per heavy atom. The molecule has 2 aromatic heterocycles. The molecule has 3 aromatic carbocycles. The average molecular weight is 619 g/mol. The van der Waals surface area contributed by atoms with Gasteiger partial charge in [0.15, 0.2) is 11.5 Å². The Balaban J connectivity index is 1.33. The summed E-state index contributed by atoms with van der Waals surface area (Å²) in [6.45, 7) is 7.75. The standard InChI is InChI=1S/C36H38N6O4/c1-36(2,3)26-12-10-24(11-13-26)34(43)39-27-7-5-6-25(20-27)30-16-18-37-33-31(30)32(38-28-17-19-41(22-28)35(44)45)40-42(33)21-23-8-14-29(46-4)15-9-23/h5-16,18,20,28H,17,19,21-22H2,1-4H3,(H,38,40)(H,39,43)(H,44,45). The molecular formula is C36H38N6O4. The van der Waals surface area contributed by atoms with Crippen molar-refractivity contribution in [3.8, 4) is 16.9 Å².